The van der Waals surface area contributed by atoms with Crippen molar-refractivity contribution in [2.75, 3.05) is 11.9 Å². The van der Waals surface area contributed by atoms with E-state index in [9.17, 15) is 14.4 Å². The Kier molecular flexibility index (Phi) is 8.77. The summed E-state index contributed by atoms with van der Waals surface area (Å²) < 4.78 is 5.07. The van der Waals surface area contributed by atoms with Gasteiger partial charge in [0.2, 0.25) is 5.91 Å². The van der Waals surface area contributed by atoms with Gasteiger partial charge in [0.1, 0.15) is 6.42 Å². The van der Waals surface area contributed by atoms with Gasteiger partial charge in [0.25, 0.3) is 5.91 Å². The van der Waals surface area contributed by atoms with Gasteiger partial charge in [-0.05, 0) is 54.7 Å². The predicted molar refractivity (Wildman–Crippen MR) is 117 cm³/mol. The Morgan fingerprint density at radius 2 is 1.61 bits per heavy atom. The summed E-state index contributed by atoms with van der Waals surface area (Å²) in [5.41, 5.74) is 2.94. The molecule has 2 amide bonds. The molecular weight excluding hydrogens is 394 g/mol. The smallest absolute Gasteiger partial charge is 0.338 e. The molecule has 2 aromatic carbocycles. The predicted octanol–water partition coefficient (Wildman–Crippen LogP) is 3.77. The van der Waals surface area contributed by atoms with E-state index in [-0.39, 0.29) is 18.0 Å². The minimum Gasteiger partial charge on any atom is -0.452 e. The van der Waals surface area contributed by atoms with E-state index in [2.05, 4.69) is 36.6 Å². The molecule has 0 saturated heterocycles. The van der Waals surface area contributed by atoms with Gasteiger partial charge in [-0.15, -0.1) is 0 Å². The Labute approximate surface area is 182 Å². The van der Waals surface area contributed by atoms with Gasteiger partial charge in [0, 0.05) is 5.69 Å². The Morgan fingerprint density at radius 3 is 2.19 bits per heavy atom. The number of carbonyl (C=O) groups excluding carboxylic acids is 3. The highest BCUT2D eigenvalue weighted by Crippen LogP contribution is 2.16. The second-order valence-electron chi connectivity index (χ2n) is 7.67. The van der Waals surface area contributed by atoms with Gasteiger partial charge in [0.05, 0.1) is 17.7 Å². The van der Waals surface area contributed by atoms with Crippen LogP contribution in [0.4, 0.5) is 5.69 Å². The fourth-order valence-electron chi connectivity index (χ4n) is 2.96. The summed E-state index contributed by atoms with van der Waals surface area (Å²) in [4.78, 5) is 35.7. The number of hydrogen-bond donors (Lipinski definition) is 2. The number of amides is 2. The first-order chi connectivity index (χ1) is 14.8. The Balaban J connectivity index is 1.81. The van der Waals surface area contributed by atoms with Crippen LogP contribution in [-0.2, 0) is 20.7 Å². The number of nitrogens with zero attached hydrogens (tertiary/aromatic N) is 1. The van der Waals surface area contributed by atoms with E-state index in [1.54, 1.807) is 6.07 Å². The van der Waals surface area contributed by atoms with Crippen molar-refractivity contribution < 1.29 is 19.1 Å². The number of carbonyl (C=O) groups is 3. The molecule has 0 heterocycles. The van der Waals surface area contributed by atoms with Gasteiger partial charge >= 0.3 is 5.97 Å². The van der Waals surface area contributed by atoms with Gasteiger partial charge in [-0.25, -0.2) is 4.79 Å². The topological polar surface area (TPSA) is 108 Å². The third-order valence-electron chi connectivity index (χ3n) is 4.48. The van der Waals surface area contributed by atoms with Crippen LogP contribution in [0.5, 0.6) is 0 Å². The molecule has 0 spiro atoms. The van der Waals surface area contributed by atoms with Gasteiger partial charge in [-0.3, -0.25) is 9.59 Å². The van der Waals surface area contributed by atoms with E-state index < -0.39 is 24.4 Å². The molecule has 2 aromatic rings. The summed E-state index contributed by atoms with van der Waals surface area (Å²) in [6, 6.07) is 15.6. The quantitative estimate of drug-likeness (QED) is 0.599. The molecule has 0 bridgehead atoms. The highest BCUT2D eigenvalue weighted by molar-refractivity contribution is 5.94. The van der Waals surface area contributed by atoms with Crippen LogP contribution in [0.25, 0.3) is 0 Å². The van der Waals surface area contributed by atoms with Crippen LogP contribution in [0.3, 0.4) is 0 Å². The molecule has 0 aromatic heterocycles. The maximum absolute atomic E-state index is 12.1. The van der Waals surface area contributed by atoms with E-state index in [4.69, 9.17) is 10.00 Å². The summed E-state index contributed by atoms with van der Waals surface area (Å²) >= 11 is 0. The normalized spacial score (nSPS) is 11.3. The zero-order valence-corrected chi connectivity index (χ0v) is 18.0. The lowest BCUT2D eigenvalue weighted by Gasteiger charge is -2.15. The zero-order chi connectivity index (χ0) is 22.8. The van der Waals surface area contributed by atoms with Crippen LogP contribution in [0, 0.1) is 17.2 Å². The van der Waals surface area contributed by atoms with Crippen LogP contribution in [0.15, 0.2) is 48.5 Å². The Morgan fingerprint density at radius 1 is 0.968 bits per heavy atom. The third-order valence-corrected chi connectivity index (χ3v) is 4.48. The molecule has 0 saturated carbocycles. The molecule has 0 radical (unpaired) electrons. The molecule has 7 heteroatoms. The van der Waals surface area contributed by atoms with E-state index in [1.165, 1.54) is 29.8 Å². The van der Waals surface area contributed by atoms with E-state index in [1.807, 2.05) is 19.1 Å². The SMILES string of the molecule is CC(C)Cc1ccc([C@H](C)NC(=O)COC(=O)c2ccc(NC(=O)CC#N)cc2)cc1. The fraction of sp³-hybridized carbons (Fsp3) is 0.333. The summed E-state index contributed by atoms with van der Waals surface area (Å²) in [5, 5.41) is 13.8. The molecule has 2 rings (SSSR count). The first-order valence-electron chi connectivity index (χ1n) is 10.1. The van der Waals surface area contributed by atoms with Crippen molar-refractivity contribution in [2.24, 2.45) is 5.92 Å². The minimum atomic E-state index is -0.643. The minimum absolute atomic E-state index is 0.212. The number of anilines is 1. The number of esters is 1. The molecule has 0 aliphatic heterocycles. The second-order valence-corrected chi connectivity index (χ2v) is 7.67. The van der Waals surface area contributed by atoms with Crippen molar-refractivity contribution in [1.82, 2.24) is 5.32 Å². The van der Waals surface area contributed by atoms with Crippen LogP contribution >= 0.6 is 0 Å². The van der Waals surface area contributed by atoms with Crippen molar-refractivity contribution in [3.05, 3.63) is 65.2 Å². The average molecular weight is 421 g/mol. The van der Waals surface area contributed by atoms with Gasteiger partial charge in [-0.1, -0.05) is 38.1 Å². The summed E-state index contributed by atoms with van der Waals surface area (Å²) in [7, 11) is 0. The number of ether oxygens (including phenoxy) is 1. The maximum Gasteiger partial charge on any atom is 0.338 e. The first-order valence-corrected chi connectivity index (χ1v) is 10.1. The first kappa shape index (κ1) is 23.6. The van der Waals surface area contributed by atoms with Gasteiger partial charge in [0.15, 0.2) is 6.61 Å². The standard InChI is InChI=1S/C24H27N3O4/c1-16(2)14-18-4-6-19(7-5-18)17(3)26-23(29)15-31-24(30)20-8-10-21(11-9-20)27-22(28)12-13-25/h4-11,16-17H,12,14-15H2,1-3H3,(H,26,29)(H,27,28)/t17-/m0/s1. The molecular formula is C24H27N3O4. The van der Waals surface area contributed by atoms with E-state index in [0.29, 0.717) is 11.6 Å². The lowest BCUT2D eigenvalue weighted by Crippen LogP contribution is -2.31. The van der Waals surface area contributed by atoms with Crippen molar-refractivity contribution in [1.29, 1.82) is 5.26 Å². The lowest BCUT2D eigenvalue weighted by molar-refractivity contribution is -0.124. The molecule has 7 nitrogen and oxygen atoms in total. The van der Waals surface area contributed by atoms with Crippen LogP contribution in [-0.4, -0.2) is 24.4 Å². The Bertz CT molecular complexity index is 944. The van der Waals surface area contributed by atoms with Crippen molar-refractivity contribution >= 4 is 23.5 Å². The number of nitriles is 1. The van der Waals surface area contributed by atoms with Gasteiger partial charge < -0.3 is 15.4 Å². The largest absolute Gasteiger partial charge is 0.452 e. The fourth-order valence-corrected chi connectivity index (χ4v) is 2.96. The maximum atomic E-state index is 12.1. The monoisotopic (exact) mass is 421 g/mol. The number of rotatable bonds is 9. The number of nitrogens with one attached hydrogen (secondary N) is 2. The van der Waals surface area contributed by atoms with E-state index >= 15 is 0 Å². The lowest BCUT2D eigenvalue weighted by atomic mass is 10.00. The molecule has 1 atom stereocenters. The molecule has 0 aliphatic carbocycles. The number of benzene rings is 2. The van der Waals surface area contributed by atoms with Crippen LogP contribution in [0.2, 0.25) is 0 Å². The highest BCUT2D eigenvalue weighted by atomic mass is 16.5. The molecule has 0 aliphatic rings. The van der Waals surface area contributed by atoms with Crippen molar-refractivity contribution in [3.8, 4) is 6.07 Å². The third kappa shape index (κ3) is 7.94. The van der Waals surface area contributed by atoms with Gasteiger partial charge in [-0.2, -0.15) is 5.26 Å². The van der Waals surface area contributed by atoms with Crippen molar-refractivity contribution in [2.45, 2.75) is 39.7 Å². The summed E-state index contributed by atoms with van der Waals surface area (Å²) in [5.74, 6) is -0.891. The zero-order valence-electron chi connectivity index (χ0n) is 18.0. The average Bonchev–Trinajstić information content (AvgIpc) is 2.72. The van der Waals surface area contributed by atoms with Crippen LogP contribution < -0.4 is 10.6 Å². The number of hydrogen-bond acceptors (Lipinski definition) is 5. The van der Waals surface area contributed by atoms with Crippen molar-refractivity contribution in [3.63, 3.8) is 0 Å². The molecule has 162 valence electrons. The molecule has 2 N–H and O–H groups in total. The molecule has 0 fully saturated rings. The van der Waals surface area contributed by atoms with Crippen LogP contribution in [0.1, 0.15) is 54.7 Å². The van der Waals surface area contributed by atoms with E-state index in [0.717, 1.165) is 12.0 Å². The molecule has 0 unspecified atom stereocenters. The summed E-state index contributed by atoms with van der Waals surface area (Å²) in [6.07, 6.45) is 0.754. The Hall–Kier alpha value is -3.66. The highest BCUT2D eigenvalue weighted by Gasteiger charge is 2.14. The summed E-state index contributed by atoms with van der Waals surface area (Å²) in [6.45, 7) is 5.81. The molecule has 31 heavy (non-hydrogen) atoms. The second kappa shape index (κ2) is 11.5.